The molecule has 0 saturated heterocycles. The van der Waals surface area contributed by atoms with Crippen LogP contribution < -0.4 is 5.32 Å². The minimum absolute atomic E-state index is 0.315. The van der Waals surface area contributed by atoms with Crippen molar-refractivity contribution in [3.63, 3.8) is 0 Å². The predicted octanol–water partition coefficient (Wildman–Crippen LogP) is 3.06. The Hall–Kier alpha value is -2.98. The fourth-order valence-corrected chi connectivity index (χ4v) is 2.48. The molecule has 1 aromatic carbocycles. The lowest BCUT2D eigenvalue weighted by atomic mass is 10.1. The number of halogens is 1. The third kappa shape index (κ3) is 4.75. The van der Waals surface area contributed by atoms with Crippen LogP contribution in [0, 0.1) is 22.6 Å². The monoisotopic (exact) mass is 341 g/mol. The van der Waals surface area contributed by atoms with Crippen LogP contribution in [0.3, 0.4) is 0 Å². The highest BCUT2D eigenvalue weighted by Crippen LogP contribution is 2.26. The van der Waals surface area contributed by atoms with E-state index < -0.39 is 11.9 Å². The molecule has 0 amide bonds. The van der Waals surface area contributed by atoms with Crippen molar-refractivity contribution in [1.82, 2.24) is 9.78 Å². The molecule has 1 unspecified atom stereocenters. The highest BCUT2D eigenvalue weighted by Gasteiger charge is 2.13. The number of hydrogen-bond acceptors (Lipinski definition) is 5. The van der Waals surface area contributed by atoms with Crippen molar-refractivity contribution >= 4 is 11.4 Å². The summed E-state index contributed by atoms with van der Waals surface area (Å²) in [5.74, 6) is -0.430. The summed E-state index contributed by atoms with van der Waals surface area (Å²) in [6.45, 7) is 3.21. The largest absolute Gasteiger partial charge is 0.389 e. The van der Waals surface area contributed by atoms with Gasteiger partial charge in [0, 0.05) is 41.8 Å². The van der Waals surface area contributed by atoms with Crippen molar-refractivity contribution in [2.45, 2.75) is 26.4 Å². The van der Waals surface area contributed by atoms with Gasteiger partial charge in [0.15, 0.2) is 5.69 Å². The first kappa shape index (κ1) is 18.4. The quantitative estimate of drug-likeness (QED) is 0.703. The molecule has 2 aromatic rings. The van der Waals surface area contributed by atoms with Gasteiger partial charge in [-0.2, -0.15) is 10.4 Å². The van der Waals surface area contributed by atoms with Crippen LogP contribution in [0.4, 0.5) is 10.1 Å². The summed E-state index contributed by atoms with van der Waals surface area (Å²) >= 11 is 0. The van der Waals surface area contributed by atoms with Crippen molar-refractivity contribution < 1.29 is 9.50 Å². The highest BCUT2D eigenvalue weighted by molar-refractivity contribution is 5.91. The number of allylic oxidation sites excluding steroid dienone is 2. The van der Waals surface area contributed by atoms with E-state index in [2.05, 4.69) is 10.4 Å². The van der Waals surface area contributed by atoms with Gasteiger partial charge in [0.2, 0.25) is 0 Å². The molecule has 0 spiro atoms. The van der Waals surface area contributed by atoms with E-state index >= 15 is 0 Å². The molecule has 1 heterocycles. The maximum absolute atomic E-state index is 13.5. The van der Waals surface area contributed by atoms with Gasteiger partial charge < -0.3 is 15.8 Å². The predicted molar refractivity (Wildman–Crippen MR) is 93.8 cm³/mol. The molecule has 0 bridgehead atoms. The topological polar surface area (TPSA) is 97.7 Å². The Labute approximate surface area is 145 Å². The number of hydrogen-bond donors (Lipinski definition) is 3. The standard InChI is InChI=1S/C18H20FN5O/c1-11(21)6-14(8-16-9-15(10-20)23-24(16)3)22-18-5-4-13(19)7-17(18)12(2)25/h4-7,9,12,21-22,25H,8H2,1-3H3/b14-6-,21-11?. The van der Waals surface area contributed by atoms with Crippen LogP contribution >= 0.6 is 0 Å². The SMILES string of the molecule is CC(=N)/C=C(/Cc1cc(C#N)nn1C)Nc1ccc(F)cc1C(C)O. The Kier molecular flexibility index (Phi) is 5.67. The number of benzene rings is 1. The first-order valence-electron chi connectivity index (χ1n) is 7.73. The zero-order valence-corrected chi connectivity index (χ0v) is 14.3. The minimum atomic E-state index is -0.845. The average molecular weight is 341 g/mol. The zero-order chi connectivity index (χ0) is 18.6. The molecule has 7 heteroatoms. The fraction of sp³-hybridized carbons (Fsp3) is 0.278. The van der Waals surface area contributed by atoms with E-state index in [0.717, 1.165) is 5.69 Å². The summed E-state index contributed by atoms with van der Waals surface area (Å²) < 4.78 is 15.1. The van der Waals surface area contributed by atoms with Crippen molar-refractivity contribution in [1.29, 1.82) is 10.7 Å². The maximum Gasteiger partial charge on any atom is 0.162 e. The minimum Gasteiger partial charge on any atom is -0.389 e. The van der Waals surface area contributed by atoms with Crippen LogP contribution in [0.5, 0.6) is 0 Å². The summed E-state index contributed by atoms with van der Waals surface area (Å²) in [5.41, 5.74) is 3.11. The number of aliphatic hydroxyl groups excluding tert-OH is 1. The lowest BCUT2D eigenvalue weighted by Gasteiger charge is -2.17. The Morgan fingerprint density at radius 2 is 2.24 bits per heavy atom. The maximum atomic E-state index is 13.5. The molecule has 0 fully saturated rings. The molecule has 0 aliphatic rings. The molecule has 1 atom stereocenters. The first-order valence-corrected chi connectivity index (χ1v) is 7.73. The summed E-state index contributed by atoms with van der Waals surface area (Å²) in [7, 11) is 1.74. The van der Waals surface area contributed by atoms with Gasteiger partial charge in [0.05, 0.1) is 6.10 Å². The van der Waals surface area contributed by atoms with Crippen LogP contribution in [-0.2, 0) is 13.5 Å². The molecule has 2 rings (SSSR count). The molecule has 6 nitrogen and oxygen atoms in total. The number of aryl methyl sites for hydroxylation is 1. The van der Waals surface area contributed by atoms with Gasteiger partial charge in [0.1, 0.15) is 11.9 Å². The summed E-state index contributed by atoms with van der Waals surface area (Å²) in [6, 6.07) is 7.80. The van der Waals surface area contributed by atoms with E-state index in [4.69, 9.17) is 10.7 Å². The number of aromatic nitrogens is 2. The lowest BCUT2D eigenvalue weighted by molar-refractivity contribution is 0.199. The van der Waals surface area contributed by atoms with Gasteiger partial charge in [-0.25, -0.2) is 4.39 Å². The molecule has 25 heavy (non-hydrogen) atoms. The highest BCUT2D eigenvalue weighted by atomic mass is 19.1. The van der Waals surface area contributed by atoms with E-state index in [1.165, 1.54) is 12.1 Å². The van der Waals surface area contributed by atoms with Gasteiger partial charge in [0.25, 0.3) is 0 Å². The first-order chi connectivity index (χ1) is 11.8. The normalized spacial score (nSPS) is 12.6. The van der Waals surface area contributed by atoms with Crippen molar-refractivity contribution in [2.24, 2.45) is 7.05 Å². The molecular weight excluding hydrogens is 321 g/mol. The third-order valence-electron chi connectivity index (χ3n) is 3.61. The second-order valence-electron chi connectivity index (χ2n) is 5.82. The van der Waals surface area contributed by atoms with Crippen LogP contribution in [-0.4, -0.2) is 20.6 Å². The number of aliphatic hydroxyl groups is 1. The van der Waals surface area contributed by atoms with Crippen LogP contribution in [0.25, 0.3) is 0 Å². The number of nitriles is 1. The average Bonchev–Trinajstić information content (AvgIpc) is 2.88. The van der Waals surface area contributed by atoms with Crippen LogP contribution in [0.15, 0.2) is 36.0 Å². The number of anilines is 1. The van der Waals surface area contributed by atoms with Gasteiger partial charge in [-0.15, -0.1) is 0 Å². The second-order valence-corrected chi connectivity index (χ2v) is 5.82. The second kappa shape index (κ2) is 7.73. The Bertz CT molecular complexity index is 861. The number of rotatable bonds is 6. The molecule has 0 aliphatic carbocycles. The van der Waals surface area contributed by atoms with Crippen molar-refractivity contribution in [3.8, 4) is 6.07 Å². The fourth-order valence-electron chi connectivity index (χ4n) is 2.48. The van der Waals surface area contributed by atoms with Gasteiger partial charge >= 0.3 is 0 Å². The van der Waals surface area contributed by atoms with Crippen molar-refractivity contribution in [2.75, 3.05) is 5.32 Å². The lowest BCUT2D eigenvalue weighted by Crippen LogP contribution is -2.10. The number of nitrogens with zero attached hydrogens (tertiary/aromatic N) is 3. The molecule has 130 valence electrons. The Morgan fingerprint density at radius 1 is 1.52 bits per heavy atom. The molecular formula is C18H20FN5O. The third-order valence-corrected chi connectivity index (χ3v) is 3.61. The Balaban J connectivity index is 2.35. The van der Waals surface area contributed by atoms with E-state index in [1.807, 2.05) is 6.07 Å². The summed E-state index contributed by atoms with van der Waals surface area (Å²) in [5, 5.41) is 33.8. The summed E-state index contributed by atoms with van der Waals surface area (Å²) in [6.07, 6.45) is 1.20. The molecule has 3 N–H and O–H groups in total. The smallest absolute Gasteiger partial charge is 0.162 e. The van der Waals surface area contributed by atoms with Crippen molar-refractivity contribution in [3.05, 3.63) is 58.8 Å². The van der Waals surface area contributed by atoms with E-state index in [1.54, 1.807) is 43.8 Å². The van der Waals surface area contributed by atoms with Gasteiger partial charge in [-0.05, 0) is 44.2 Å². The molecule has 0 radical (unpaired) electrons. The van der Waals surface area contributed by atoms with E-state index in [0.29, 0.717) is 34.8 Å². The van der Waals surface area contributed by atoms with E-state index in [-0.39, 0.29) is 0 Å². The number of nitrogens with one attached hydrogen (secondary N) is 2. The summed E-state index contributed by atoms with van der Waals surface area (Å²) in [4.78, 5) is 0. The van der Waals surface area contributed by atoms with Gasteiger partial charge in [-0.3, -0.25) is 4.68 Å². The van der Waals surface area contributed by atoms with Gasteiger partial charge in [-0.1, -0.05) is 0 Å². The molecule has 0 aliphatic heterocycles. The van der Waals surface area contributed by atoms with Crippen LogP contribution in [0.1, 0.15) is 36.9 Å². The van der Waals surface area contributed by atoms with E-state index in [9.17, 15) is 9.50 Å². The van der Waals surface area contributed by atoms with Crippen LogP contribution in [0.2, 0.25) is 0 Å². The zero-order valence-electron chi connectivity index (χ0n) is 14.3. The Morgan fingerprint density at radius 3 is 2.80 bits per heavy atom. The molecule has 0 saturated carbocycles. The molecule has 1 aromatic heterocycles.